The first kappa shape index (κ1) is 13.8. The van der Waals surface area contributed by atoms with Crippen molar-refractivity contribution in [3.05, 3.63) is 0 Å². The number of nitrogens with one attached hydrogen (secondary N) is 1. The second-order valence-corrected chi connectivity index (χ2v) is 3.67. The lowest BCUT2D eigenvalue weighted by atomic mass is 9.99. The molecule has 0 amide bonds. The minimum atomic E-state index is -1.38. The van der Waals surface area contributed by atoms with Crippen molar-refractivity contribution in [2.75, 3.05) is 26.8 Å². The van der Waals surface area contributed by atoms with Gasteiger partial charge in [0.05, 0.1) is 13.2 Å². The lowest BCUT2D eigenvalue weighted by molar-refractivity contribution is -0.300. The van der Waals surface area contributed by atoms with Crippen molar-refractivity contribution in [2.24, 2.45) is 0 Å². The largest absolute Gasteiger partial charge is 0.394 e. The number of ether oxygens (including phenoxy) is 2. The van der Waals surface area contributed by atoms with Gasteiger partial charge in [-0.05, 0) is 7.05 Å². The van der Waals surface area contributed by atoms with Crippen LogP contribution in [0, 0.1) is 0 Å². The summed E-state index contributed by atoms with van der Waals surface area (Å²) in [5.41, 5.74) is 0. The van der Waals surface area contributed by atoms with Crippen LogP contribution in [0.5, 0.6) is 0 Å². The molecule has 0 aromatic rings. The van der Waals surface area contributed by atoms with Crippen molar-refractivity contribution in [3.8, 4) is 0 Å². The Kier molecular flexibility index (Phi) is 5.56. The molecule has 0 bridgehead atoms. The molecule has 5 atom stereocenters. The molecule has 0 saturated carbocycles. The van der Waals surface area contributed by atoms with E-state index in [4.69, 9.17) is 14.6 Å². The van der Waals surface area contributed by atoms with Crippen LogP contribution < -0.4 is 5.32 Å². The lowest BCUT2D eigenvalue weighted by Crippen LogP contribution is -2.59. The van der Waals surface area contributed by atoms with Crippen LogP contribution in [0.1, 0.15) is 0 Å². The van der Waals surface area contributed by atoms with Gasteiger partial charge in [0.25, 0.3) is 0 Å². The predicted molar refractivity (Wildman–Crippen MR) is 53.6 cm³/mol. The molecule has 3 unspecified atom stereocenters. The summed E-state index contributed by atoms with van der Waals surface area (Å²) in [7, 11) is 1.75. The van der Waals surface area contributed by atoms with Crippen LogP contribution in [0.2, 0.25) is 0 Å². The molecule has 96 valence electrons. The number of aliphatic hydroxyl groups excluding tert-OH is 4. The van der Waals surface area contributed by atoms with E-state index in [1.807, 2.05) is 0 Å². The quantitative estimate of drug-likeness (QED) is 0.324. The minimum Gasteiger partial charge on any atom is -0.394 e. The Hall–Kier alpha value is -0.280. The van der Waals surface area contributed by atoms with Crippen LogP contribution in [0.3, 0.4) is 0 Å². The standard InChI is InChI=1S/C9H19NO6/c1-10-2-3-15-9-8(14)7(13)6(12)5(4-11)16-9/h5-14H,2-4H2,1H3/t5?,6-,7?,8?,9+/m1/s1. The maximum atomic E-state index is 9.56. The second-order valence-electron chi connectivity index (χ2n) is 3.67. The highest BCUT2D eigenvalue weighted by Crippen LogP contribution is 2.21. The Morgan fingerprint density at radius 1 is 1.19 bits per heavy atom. The average Bonchev–Trinajstić information content (AvgIpc) is 2.29. The summed E-state index contributed by atoms with van der Waals surface area (Å²) in [4.78, 5) is 0. The summed E-state index contributed by atoms with van der Waals surface area (Å²) in [6.45, 7) is 0.408. The topological polar surface area (TPSA) is 111 Å². The molecular formula is C9H19NO6. The van der Waals surface area contributed by atoms with E-state index in [0.29, 0.717) is 13.2 Å². The van der Waals surface area contributed by atoms with Gasteiger partial charge in [-0.25, -0.2) is 0 Å². The molecule has 0 spiro atoms. The van der Waals surface area contributed by atoms with E-state index < -0.39 is 37.3 Å². The molecule has 5 N–H and O–H groups in total. The fourth-order valence-electron chi connectivity index (χ4n) is 1.48. The van der Waals surface area contributed by atoms with Gasteiger partial charge in [0, 0.05) is 6.54 Å². The molecule has 0 aliphatic carbocycles. The Morgan fingerprint density at radius 3 is 2.44 bits per heavy atom. The lowest BCUT2D eigenvalue weighted by Gasteiger charge is -2.39. The first-order valence-electron chi connectivity index (χ1n) is 5.18. The molecule has 16 heavy (non-hydrogen) atoms. The number of rotatable bonds is 5. The molecule has 7 nitrogen and oxygen atoms in total. The van der Waals surface area contributed by atoms with Gasteiger partial charge in [0.2, 0.25) is 0 Å². The van der Waals surface area contributed by atoms with E-state index in [-0.39, 0.29) is 0 Å². The maximum absolute atomic E-state index is 9.56. The average molecular weight is 237 g/mol. The summed E-state index contributed by atoms with van der Waals surface area (Å²) >= 11 is 0. The minimum absolute atomic E-state index is 0.291. The summed E-state index contributed by atoms with van der Waals surface area (Å²) in [6.07, 6.45) is -6.01. The highest BCUT2D eigenvalue weighted by atomic mass is 16.7. The van der Waals surface area contributed by atoms with Crippen molar-refractivity contribution in [2.45, 2.75) is 30.7 Å². The summed E-state index contributed by atoms with van der Waals surface area (Å²) in [5.74, 6) is 0. The van der Waals surface area contributed by atoms with E-state index in [1.54, 1.807) is 7.05 Å². The molecule has 1 aliphatic rings. The molecule has 1 saturated heterocycles. The van der Waals surface area contributed by atoms with Gasteiger partial charge < -0.3 is 35.2 Å². The highest BCUT2D eigenvalue weighted by molar-refractivity contribution is 4.88. The molecule has 1 heterocycles. The summed E-state index contributed by atoms with van der Waals surface area (Å²) in [6, 6.07) is 0. The zero-order valence-corrected chi connectivity index (χ0v) is 9.11. The molecule has 1 fully saturated rings. The van der Waals surface area contributed by atoms with Gasteiger partial charge in [-0.1, -0.05) is 0 Å². The molecule has 0 aromatic heterocycles. The van der Waals surface area contributed by atoms with E-state index in [9.17, 15) is 15.3 Å². The van der Waals surface area contributed by atoms with Crippen molar-refractivity contribution in [3.63, 3.8) is 0 Å². The molecule has 1 aliphatic heterocycles. The number of likely N-dealkylation sites (N-methyl/N-ethyl adjacent to an activating group) is 1. The van der Waals surface area contributed by atoms with Crippen LogP contribution in [-0.2, 0) is 9.47 Å². The predicted octanol–water partition coefficient (Wildman–Crippen LogP) is -2.98. The molecule has 7 heteroatoms. The SMILES string of the molecule is CNCCO[C@H]1OC(CO)[C@@H](O)C(O)C1O. The Bertz CT molecular complexity index is 202. The molecule has 1 rings (SSSR count). The fraction of sp³-hybridized carbons (Fsp3) is 1.00. The van der Waals surface area contributed by atoms with Gasteiger partial charge in [0.1, 0.15) is 24.4 Å². The third-order valence-electron chi connectivity index (χ3n) is 2.48. The van der Waals surface area contributed by atoms with Crippen molar-refractivity contribution >= 4 is 0 Å². The van der Waals surface area contributed by atoms with Crippen LogP contribution in [0.25, 0.3) is 0 Å². The first-order chi connectivity index (χ1) is 7.61. The van der Waals surface area contributed by atoms with Crippen LogP contribution in [0.15, 0.2) is 0 Å². The zero-order chi connectivity index (χ0) is 12.1. The molecule has 0 radical (unpaired) electrons. The summed E-state index contributed by atoms with van der Waals surface area (Å²) < 4.78 is 10.3. The Balaban J connectivity index is 2.50. The fourth-order valence-corrected chi connectivity index (χ4v) is 1.48. The van der Waals surface area contributed by atoms with Gasteiger partial charge >= 0.3 is 0 Å². The Morgan fingerprint density at radius 2 is 1.88 bits per heavy atom. The zero-order valence-electron chi connectivity index (χ0n) is 9.11. The molecule has 0 aromatic carbocycles. The van der Waals surface area contributed by atoms with Crippen molar-refractivity contribution in [1.82, 2.24) is 5.32 Å². The smallest absolute Gasteiger partial charge is 0.186 e. The van der Waals surface area contributed by atoms with Gasteiger partial charge in [-0.3, -0.25) is 0 Å². The van der Waals surface area contributed by atoms with E-state index in [1.165, 1.54) is 0 Å². The van der Waals surface area contributed by atoms with Gasteiger partial charge in [-0.15, -0.1) is 0 Å². The number of hydrogen-bond donors (Lipinski definition) is 5. The second kappa shape index (κ2) is 6.45. The van der Waals surface area contributed by atoms with Crippen LogP contribution in [-0.4, -0.2) is 77.9 Å². The third-order valence-corrected chi connectivity index (χ3v) is 2.48. The van der Waals surface area contributed by atoms with Gasteiger partial charge in [-0.2, -0.15) is 0 Å². The number of aliphatic hydroxyl groups is 4. The van der Waals surface area contributed by atoms with Crippen LogP contribution >= 0.6 is 0 Å². The number of hydrogen-bond acceptors (Lipinski definition) is 7. The van der Waals surface area contributed by atoms with Gasteiger partial charge in [0.15, 0.2) is 6.29 Å². The summed E-state index contributed by atoms with van der Waals surface area (Å²) in [5, 5.41) is 40.2. The normalized spacial score (nSPS) is 39.9. The van der Waals surface area contributed by atoms with E-state index in [0.717, 1.165) is 0 Å². The molecular weight excluding hydrogens is 218 g/mol. The van der Waals surface area contributed by atoms with Crippen molar-refractivity contribution < 1.29 is 29.9 Å². The monoisotopic (exact) mass is 237 g/mol. The Labute approximate surface area is 93.6 Å². The van der Waals surface area contributed by atoms with Crippen molar-refractivity contribution in [1.29, 1.82) is 0 Å². The van der Waals surface area contributed by atoms with Crippen LogP contribution in [0.4, 0.5) is 0 Å². The van der Waals surface area contributed by atoms with E-state index in [2.05, 4.69) is 5.32 Å². The first-order valence-corrected chi connectivity index (χ1v) is 5.18. The third kappa shape index (κ3) is 3.11. The maximum Gasteiger partial charge on any atom is 0.186 e. The highest BCUT2D eigenvalue weighted by Gasteiger charge is 2.43. The van der Waals surface area contributed by atoms with E-state index >= 15 is 0 Å².